The molecule has 3 heterocycles. The molecule has 168 valence electrons. The molecule has 0 aliphatic carbocycles. The highest BCUT2D eigenvalue weighted by atomic mass is 16.6. The van der Waals surface area contributed by atoms with Crippen LogP contribution in [0.15, 0.2) is 54.7 Å². The first-order chi connectivity index (χ1) is 16.0. The highest BCUT2D eigenvalue weighted by Gasteiger charge is 2.20. The molecule has 0 spiro atoms. The lowest BCUT2D eigenvalue weighted by Gasteiger charge is -2.19. The molecule has 5 rings (SSSR count). The van der Waals surface area contributed by atoms with Gasteiger partial charge in [0.15, 0.2) is 17.1 Å². The van der Waals surface area contributed by atoms with Crippen LogP contribution in [-0.4, -0.2) is 41.0 Å². The summed E-state index contributed by atoms with van der Waals surface area (Å²) in [5, 5.41) is 8.14. The van der Waals surface area contributed by atoms with Crippen LogP contribution in [0.4, 0.5) is 5.69 Å². The van der Waals surface area contributed by atoms with E-state index in [1.807, 2.05) is 54.9 Å². The van der Waals surface area contributed by atoms with Gasteiger partial charge in [-0.3, -0.25) is 4.79 Å². The number of amides is 1. The quantitative estimate of drug-likeness (QED) is 0.480. The second kappa shape index (κ2) is 8.46. The topological polar surface area (TPSA) is 87.5 Å². The molecule has 1 aliphatic heterocycles. The molecule has 0 radical (unpaired) electrons. The molecule has 0 atom stereocenters. The van der Waals surface area contributed by atoms with Crippen LogP contribution in [0.2, 0.25) is 0 Å². The first-order valence-electron chi connectivity index (χ1n) is 10.8. The minimum absolute atomic E-state index is 0.0832. The molecule has 4 aromatic rings. The third kappa shape index (κ3) is 3.95. The van der Waals surface area contributed by atoms with E-state index in [0.29, 0.717) is 58.4 Å². The van der Waals surface area contributed by atoms with Crippen molar-refractivity contribution in [3.63, 3.8) is 0 Å². The fraction of sp³-hybridized carbons (Fsp3) is 0.240. The Morgan fingerprint density at radius 1 is 1.09 bits per heavy atom. The summed E-state index contributed by atoms with van der Waals surface area (Å²) >= 11 is 0. The summed E-state index contributed by atoms with van der Waals surface area (Å²) in [5.41, 5.74) is 3.25. The number of rotatable bonds is 5. The summed E-state index contributed by atoms with van der Waals surface area (Å²) < 4.78 is 18.5. The lowest BCUT2D eigenvalue weighted by atomic mass is 10.1. The van der Waals surface area contributed by atoms with Gasteiger partial charge in [-0.15, -0.1) is 0 Å². The molecular formula is C25H24N4O4. The van der Waals surface area contributed by atoms with Crippen LogP contribution in [-0.2, 0) is 0 Å². The van der Waals surface area contributed by atoms with E-state index in [2.05, 4.69) is 10.4 Å². The number of benzene rings is 2. The van der Waals surface area contributed by atoms with E-state index >= 15 is 0 Å². The minimum Gasteiger partial charge on any atom is -0.497 e. The maximum Gasteiger partial charge on any atom is 0.256 e. The highest BCUT2D eigenvalue weighted by Crippen LogP contribution is 2.35. The fourth-order valence-corrected chi connectivity index (χ4v) is 3.83. The number of pyridine rings is 1. The summed E-state index contributed by atoms with van der Waals surface area (Å²) in [7, 11) is 1.59. The Bertz CT molecular complexity index is 1350. The van der Waals surface area contributed by atoms with Gasteiger partial charge >= 0.3 is 0 Å². The van der Waals surface area contributed by atoms with Crippen LogP contribution in [0.1, 0.15) is 30.2 Å². The van der Waals surface area contributed by atoms with Gasteiger partial charge in [0.05, 0.1) is 30.0 Å². The zero-order valence-corrected chi connectivity index (χ0v) is 18.7. The molecule has 2 aromatic carbocycles. The Hall–Kier alpha value is -4.07. The van der Waals surface area contributed by atoms with Gasteiger partial charge < -0.3 is 19.5 Å². The van der Waals surface area contributed by atoms with Crippen LogP contribution in [0.5, 0.6) is 17.2 Å². The van der Waals surface area contributed by atoms with Crippen molar-refractivity contribution in [2.75, 3.05) is 25.6 Å². The van der Waals surface area contributed by atoms with Gasteiger partial charge in [0, 0.05) is 23.4 Å². The van der Waals surface area contributed by atoms with Crippen LogP contribution < -0.4 is 19.5 Å². The lowest BCUT2D eigenvalue weighted by Crippen LogP contribution is -2.15. The molecule has 1 N–H and O–H groups in total. The van der Waals surface area contributed by atoms with Crippen molar-refractivity contribution in [2.24, 2.45) is 0 Å². The Kier molecular flexibility index (Phi) is 5.34. The van der Waals surface area contributed by atoms with Crippen molar-refractivity contribution in [3.05, 3.63) is 60.3 Å². The van der Waals surface area contributed by atoms with Crippen LogP contribution in [0, 0.1) is 0 Å². The molecule has 0 bridgehead atoms. The van der Waals surface area contributed by atoms with E-state index in [1.165, 1.54) is 0 Å². The van der Waals surface area contributed by atoms with Crippen molar-refractivity contribution in [3.8, 4) is 28.5 Å². The molecular weight excluding hydrogens is 420 g/mol. The highest BCUT2D eigenvalue weighted by molar-refractivity contribution is 6.12. The van der Waals surface area contributed by atoms with Gasteiger partial charge in [-0.05, 0) is 50.2 Å². The summed E-state index contributed by atoms with van der Waals surface area (Å²) in [6, 6.07) is 14.8. The number of fused-ring (bicyclic) bond motifs is 2. The lowest BCUT2D eigenvalue weighted by molar-refractivity contribution is 0.102. The third-order valence-electron chi connectivity index (χ3n) is 5.47. The van der Waals surface area contributed by atoms with E-state index in [-0.39, 0.29) is 11.9 Å². The molecule has 0 fully saturated rings. The number of nitrogens with zero attached hydrogens (tertiary/aromatic N) is 3. The van der Waals surface area contributed by atoms with E-state index in [1.54, 1.807) is 25.4 Å². The largest absolute Gasteiger partial charge is 0.497 e. The number of aromatic nitrogens is 3. The van der Waals surface area contributed by atoms with Gasteiger partial charge in [-0.1, -0.05) is 6.07 Å². The van der Waals surface area contributed by atoms with Gasteiger partial charge in [0.2, 0.25) is 0 Å². The average Bonchev–Trinajstić information content (AvgIpc) is 3.27. The molecule has 1 amide bonds. The number of hydrogen-bond acceptors (Lipinski definition) is 6. The SMILES string of the molecule is COc1cccc(NC(=O)c2cc(-c3ccc4c(c3)OCCO4)nc3c2cnn3C(C)C)c1. The minimum atomic E-state index is -0.252. The number of carbonyl (C=O) groups is 1. The zero-order valence-electron chi connectivity index (χ0n) is 18.7. The first-order valence-corrected chi connectivity index (χ1v) is 10.8. The number of carbonyl (C=O) groups excluding carboxylic acids is 1. The zero-order chi connectivity index (χ0) is 22.9. The Morgan fingerprint density at radius 3 is 2.70 bits per heavy atom. The maximum absolute atomic E-state index is 13.4. The molecule has 0 saturated heterocycles. The second-order valence-corrected chi connectivity index (χ2v) is 8.02. The molecule has 2 aromatic heterocycles. The smallest absolute Gasteiger partial charge is 0.256 e. The first kappa shape index (κ1) is 20.8. The van der Waals surface area contributed by atoms with E-state index < -0.39 is 0 Å². The molecule has 8 heteroatoms. The molecule has 33 heavy (non-hydrogen) atoms. The third-order valence-corrected chi connectivity index (χ3v) is 5.47. The van der Waals surface area contributed by atoms with Gasteiger partial charge in [0.1, 0.15) is 19.0 Å². The molecule has 8 nitrogen and oxygen atoms in total. The maximum atomic E-state index is 13.4. The number of nitrogens with one attached hydrogen (secondary N) is 1. The summed E-state index contributed by atoms with van der Waals surface area (Å²) in [6.45, 7) is 5.08. The van der Waals surface area contributed by atoms with Crippen molar-refractivity contribution >= 4 is 22.6 Å². The van der Waals surface area contributed by atoms with Crippen molar-refractivity contribution in [2.45, 2.75) is 19.9 Å². The number of methoxy groups -OCH3 is 1. The molecule has 1 aliphatic rings. The number of ether oxygens (including phenoxy) is 3. The van der Waals surface area contributed by atoms with Gasteiger partial charge in [-0.2, -0.15) is 5.10 Å². The average molecular weight is 444 g/mol. The predicted octanol–water partition coefficient (Wildman–Crippen LogP) is 4.71. The summed E-state index contributed by atoms with van der Waals surface area (Å²) in [4.78, 5) is 18.2. The Balaban J connectivity index is 1.61. The fourth-order valence-electron chi connectivity index (χ4n) is 3.83. The predicted molar refractivity (Wildman–Crippen MR) is 125 cm³/mol. The van der Waals surface area contributed by atoms with Gasteiger partial charge in [-0.25, -0.2) is 9.67 Å². The second-order valence-electron chi connectivity index (χ2n) is 8.02. The summed E-state index contributed by atoms with van der Waals surface area (Å²) in [5.74, 6) is 1.78. The Labute approximate surface area is 191 Å². The van der Waals surface area contributed by atoms with Crippen LogP contribution in [0.25, 0.3) is 22.3 Å². The monoisotopic (exact) mass is 444 g/mol. The summed E-state index contributed by atoms with van der Waals surface area (Å²) in [6.07, 6.45) is 1.69. The van der Waals surface area contributed by atoms with Crippen molar-refractivity contribution in [1.82, 2.24) is 14.8 Å². The van der Waals surface area contributed by atoms with E-state index in [4.69, 9.17) is 19.2 Å². The number of hydrogen-bond donors (Lipinski definition) is 1. The van der Waals surface area contributed by atoms with Crippen molar-refractivity contribution < 1.29 is 19.0 Å². The standard InChI is InChI=1S/C25H24N4O4/c1-15(2)29-24-20(14-26-29)19(25(30)27-17-5-4-6-18(12-17)31-3)13-21(28-24)16-7-8-22-23(11-16)33-10-9-32-22/h4-8,11-15H,9-10H2,1-3H3,(H,27,30). The normalized spacial score (nSPS) is 12.7. The van der Waals surface area contributed by atoms with Crippen LogP contribution >= 0.6 is 0 Å². The van der Waals surface area contributed by atoms with Crippen LogP contribution in [0.3, 0.4) is 0 Å². The number of anilines is 1. The van der Waals surface area contributed by atoms with E-state index in [0.717, 1.165) is 5.56 Å². The molecule has 0 saturated carbocycles. The molecule has 0 unspecified atom stereocenters. The van der Waals surface area contributed by atoms with E-state index in [9.17, 15) is 4.79 Å². The van der Waals surface area contributed by atoms with Crippen molar-refractivity contribution in [1.29, 1.82) is 0 Å². The Morgan fingerprint density at radius 2 is 1.91 bits per heavy atom. The van der Waals surface area contributed by atoms with Gasteiger partial charge in [0.25, 0.3) is 5.91 Å².